The van der Waals surface area contributed by atoms with Crippen molar-refractivity contribution in [1.29, 1.82) is 5.26 Å². The molecule has 106 valence electrons. The van der Waals surface area contributed by atoms with Crippen LogP contribution in [0.25, 0.3) is 0 Å². The zero-order valence-corrected chi connectivity index (χ0v) is 12.8. The second-order valence-corrected chi connectivity index (χ2v) is 6.10. The maximum Gasteiger partial charge on any atom is 0.146 e. The van der Waals surface area contributed by atoms with Crippen LogP contribution in [-0.2, 0) is 6.42 Å². The molecule has 0 bridgehead atoms. The molecule has 2 nitrogen and oxygen atoms in total. The number of halogens is 2. The summed E-state index contributed by atoms with van der Waals surface area (Å²) in [5.41, 5.74) is 1.76. The van der Waals surface area contributed by atoms with Crippen molar-refractivity contribution in [3.63, 3.8) is 0 Å². The Morgan fingerprint density at radius 1 is 1.14 bits per heavy atom. The summed E-state index contributed by atoms with van der Waals surface area (Å²) in [6, 6.07) is 12.9. The van der Waals surface area contributed by atoms with Crippen LogP contribution in [0.5, 0.6) is 11.5 Å². The summed E-state index contributed by atoms with van der Waals surface area (Å²) < 4.78 is 5.81. The smallest absolute Gasteiger partial charge is 0.146 e. The minimum absolute atomic E-state index is 0.468. The van der Waals surface area contributed by atoms with Gasteiger partial charge in [0.1, 0.15) is 11.5 Å². The van der Waals surface area contributed by atoms with E-state index in [-0.39, 0.29) is 0 Å². The molecule has 2 aromatic carbocycles. The van der Waals surface area contributed by atoms with E-state index in [2.05, 4.69) is 6.07 Å². The van der Waals surface area contributed by atoms with E-state index >= 15 is 0 Å². The fourth-order valence-corrected chi connectivity index (χ4v) is 2.68. The molecular weight excluding hydrogens is 305 g/mol. The van der Waals surface area contributed by atoms with Crippen molar-refractivity contribution in [2.45, 2.75) is 19.3 Å². The van der Waals surface area contributed by atoms with Crippen LogP contribution in [0.3, 0.4) is 0 Å². The van der Waals surface area contributed by atoms with Gasteiger partial charge in [-0.3, -0.25) is 0 Å². The van der Waals surface area contributed by atoms with Crippen molar-refractivity contribution in [3.8, 4) is 17.6 Å². The van der Waals surface area contributed by atoms with Crippen LogP contribution in [0.2, 0.25) is 10.0 Å². The molecule has 1 fully saturated rings. The topological polar surface area (TPSA) is 33.0 Å². The van der Waals surface area contributed by atoms with E-state index < -0.39 is 0 Å². The summed E-state index contributed by atoms with van der Waals surface area (Å²) in [6.07, 6.45) is 3.44. The lowest BCUT2D eigenvalue weighted by atomic mass is 10.0. The van der Waals surface area contributed by atoms with E-state index in [4.69, 9.17) is 27.9 Å². The minimum Gasteiger partial charge on any atom is -0.456 e. The number of benzene rings is 2. The molecule has 1 aliphatic rings. The first-order valence-electron chi connectivity index (χ1n) is 6.81. The summed E-state index contributed by atoms with van der Waals surface area (Å²) in [5.74, 6) is 1.96. The van der Waals surface area contributed by atoms with Crippen LogP contribution >= 0.6 is 23.2 Å². The van der Waals surface area contributed by atoms with Gasteiger partial charge in [0.15, 0.2) is 0 Å². The van der Waals surface area contributed by atoms with Crippen LogP contribution in [0.15, 0.2) is 36.4 Å². The number of rotatable bonds is 4. The number of ether oxygens (including phenoxy) is 1. The van der Waals surface area contributed by atoms with Gasteiger partial charge in [-0.2, -0.15) is 5.26 Å². The first-order chi connectivity index (χ1) is 10.2. The molecule has 1 aliphatic carbocycles. The molecule has 0 spiro atoms. The molecule has 1 saturated carbocycles. The third kappa shape index (κ3) is 3.50. The monoisotopic (exact) mass is 317 g/mol. The summed E-state index contributed by atoms with van der Waals surface area (Å²) in [5, 5.41) is 10.2. The molecule has 0 radical (unpaired) electrons. The Labute approximate surface area is 133 Å². The molecule has 0 unspecified atom stereocenters. The minimum atomic E-state index is 0.468. The second-order valence-electron chi connectivity index (χ2n) is 5.26. The molecule has 0 saturated heterocycles. The average molecular weight is 318 g/mol. The van der Waals surface area contributed by atoms with Crippen molar-refractivity contribution >= 4 is 23.2 Å². The van der Waals surface area contributed by atoms with E-state index in [1.165, 1.54) is 12.8 Å². The van der Waals surface area contributed by atoms with Gasteiger partial charge >= 0.3 is 0 Å². The zero-order valence-electron chi connectivity index (χ0n) is 11.3. The fourth-order valence-electron chi connectivity index (χ4n) is 2.23. The number of hydrogen-bond donors (Lipinski definition) is 0. The standard InChI is InChI=1S/C17H13Cl2NO/c18-14-4-6-17(16(19)9-14)21-15-5-3-12(10-20)13(8-15)7-11-1-2-11/h3-6,8-9,11H,1-2,7H2. The van der Waals surface area contributed by atoms with Crippen molar-refractivity contribution in [2.75, 3.05) is 0 Å². The van der Waals surface area contributed by atoms with Crippen LogP contribution in [-0.4, -0.2) is 0 Å². The molecule has 2 aromatic rings. The molecule has 0 aromatic heterocycles. The molecule has 4 heteroatoms. The number of hydrogen-bond acceptors (Lipinski definition) is 2. The maximum absolute atomic E-state index is 9.18. The molecule has 0 atom stereocenters. The SMILES string of the molecule is N#Cc1ccc(Oc2ccc(Cl)cc2Cl)cc1CC1CC1. The predicted octanol–water partition coefficient (Wildman–Crippen LogP) is 5.61. The van der Waals surface area contributed by atoms with Crippen LogP contribution < -0.4 is 4.74 Å². The van der Waals surface area contributed by atoms with E-state index in [1.54, 1.807) is 30.3 Å². The van der Waals surface area contributed by atoms with Gasteiger partial charge in [-0.1, -0.05) is 23.2 Å². The third-order valence-electron chi connectivity index (χ3n) is 3.52. The highest BCUT2D eigenvalue weighted by molar-refractivity contribution is 6.35. The van der Waals surface area contributed by atoms with Gasteiger partial charge in [-0.15, -0.1) is 0 Å². The second kappa shape index (κ2) is 5.97. The molecule has 0 aliphatic heterocycles. The van der Waals surface area contributed by atoms with Gasteiger partial charge in [0, 0.05) is 5.02 Å². The Morgan fingerprint density at radius 3 is 2.62 bits per heavy atom. The van der Waals surface area contributed by atoms with Crippen LogP contribution in [0.4, 0.5) is 0 Å². The number of nitrogens with zero attached hydrogens (tertiary/aromatic N) is 1. The predicted molar refractivity (Wildman–Crippen MR) is 84.1 cm³/mol. The van der Waals surface area contributed by atoms with E-state index in [1.807, 2.05) is 6.07 Å². The molecule has 3 rings (SSSR count). The largest absolute Gasteiger partial charge is 0.456 e. The quantitative estimate of drug-likeness (QED) is 0.734. The summed E-state index contributed by atoms with van der Waals surface area (Å²) in [6.45, 7) is 0. The van der Waals surface area contributed by atoms with E-state index in [0.29, 0.717) is 27.5 Å². The first-order valence-corrected chi connectivity index (χ1v) is 7.57. The lowest BCUT2D eigenvalue weighted by Gasteiger charge is -2.10. The Hall–Kier alpha value is -1.69. The normalized spacial score (nSPS) is 13.8. The summed E-state index contributed by atoms with van der Waals surface area (Å²) in [7, 11) is 0. The Bertz CT molecular complexity index is 717. The lowest BCUT2D eigenvalue weighted by Crippen LogP contribution is -1.94. The van der Waals surface area contributed by atoms with Gasteiger partial charge in [-0.25, -0.2) is 0 Å². The number of nitriles is 1. The Balaban J connectivity index is 1.86. The average Bonchev–Trinajstić information content (AvgIpc) is 3.26. The molecule has 0 heterocycles. The molecule has 21 heavy (non-hydrogen) atoms. The maximum atomic E-state index is 9.18. The van der Waals surface area contributed by atoms with Crippen molar-refractivity contribution in [1.82, 2.24) is 0 Å². The molecular formula is C17H13Cl2NO. The van der Waals surface area contributed by atoms with Crippen LogP contribution in [0.1, 0.15) is 24.0 Å². The molecule has 0 amide bonds. The Morgan fingerprint density at radius 2 is 1.95 bits per heavy atom. The van der Waals surface area contributed by atoms with Gasteiger partial charge < -0.3 is 4.74 Å². The van der Waals surface area contributed by atoms with E-state index in [0.717, 1.165) is 17.5 Å². The summed E-state index contributed by atoms with van der Waals surface area (Å²) >= 11 is 12.0. The van der Waals surface area contributed by atoms with Gasteiger partial charge in [0.25, 0.3) is 0 Å². The summed E-state index contributed by atoms with van der Waals surface area (Å²) in [4.78, 5) is 0. The highest BCUT2D eigenvalue weighted by atomic mass is 35.5. The lowest BCUT2D eigenvalue weighted by molar-refractivity contribution is 0.482. The van der Waals surface area contributed by atoms with Gasteiger partial charge in [-0.05, 0) is 67.1 Å². The van der Waals surface area contributed by atoms with Gasteiger partial charge in [0.05, 0.1) is 16.7 Å². The fraction of sp³-hybridized carbons (Fsp3) is 0.235. The van der Waals surface area contributed by atoms with Gasteiger partial charge in [0.2, 0.25) is 0 Å². The molecule has 0 N–H and O–H groups in total. The highest BCUT2D eigenvalue weighted by Gasteiger charge is 2.23. The van der Waals surface area contributed by atoms with E-state index in [9.17, 15) is 5.26 Å². The van der Waals surface area contributed by atoms with Crippen molar-refractivity contribution < 1.29 is 4.74 Å². The van der Waals surface area contributed by atoms with Crippen molar-refractivity contribution in [3.05, 3.63) is 57.6 Å². The first kappa shape index (κ1) is 14.3. The van der Waals surface area contributed by atoms with Crippen molar-refractivity contribution in [2.24, 2.45) is 5.92 Å². The zero-order chi connectivity index (χ0) is 14.8. The van der Waals surface area contributed by atoms with Crippen LogP contribution in [0, 0.1) is 17.2 Å². The third-order valence-corrected chi connectivity index (χ3v) is 4.05. The highest BCUT2D eigenvalue weighted by Crippen LogP contribution is 2.36. The Kier molecular flexibility index (Phi) is 4.05.